The van der Waals surface area contributed by atoms with Crippen LogP contribution in [-0.4, -0.2) is 16.5 Å². The zero-order valence-electron chi connectivity index (χ0n) is 9.14. The molecule has 0 aliphatic heterocycles. The van der Waals surface area contributed by atoms with E-state index in [9.17, 15) is 0 Å². The molecule has 0 radical (unpaired) electrons. The van der Waals surface area contributed by atoms with Gasteiger partial charge in [0.25, 0.3) is 0 Å². The van der Waals surface area contributed by atoms with E-state index in [4.69, 9.17) is 17.3 Å². The first-order valence-corrected chi connectivity index (χ1v) is 6.41. The van der Waals surface area contributed by atoms with Gasteiger partial charge < -0.3 is 5.73 Å². The van der Waals surface area contributed by atoms with E-state index in [0.29, 0.717) is 6.54 Å². The second-order valence-corrected chi connectivity index (χ2v) is 4.94. The van der Waals surface area contributed by atoms with Crippen LogP contribution in [0.4, 0.5) is 0 Å². The predicted octanol–water partition coefficient (Wildman–Crippen LogP) is 2.78. The van der Waals surface area contributed by atoms with Crippen LogP contribution in [-0.2, 0) is 6.42 Å². The molecule has 3 nitrogen and oxygen atoms in total. The Kier molecular flexibility index (Phi) is 4.36. The molecule has 0 bridgehead atoms. The molecule has 0 fully saturated rings. The first kappa shape index (κ1) is 12.4. The largest absolute Gasteiger partial charge is 0.330 e. The van der Waals surface area contributed by atoms with Crippen molar-refractivity contribution in [3.63, 3.8) is 0 Å². The average molecular weight is 266 g/mol. The fourth-order valence-electron chi connectivity index (χ4n) is 1.41. The van der Waals surface area contributed by atoms with E-state index in [1.807, 2.05) is 24.3 Å². The Bertz CT molecular complexity index is 490. The van der Waals surface area contributed by atoms with E-state index < -0.39 is 0 Å². The van der Waals surface area contributed by atoms with Crippen LogP contribution in [0.5, 0.6) is 0 Å². The van der Waals surface area contributed by atoms with Gasteiger partial charge in [-0.05, 0) is 36.7 Å². The Morgan fingerprint density at radius 1 is 1.29 bits per heavy atom. The van der Waals surface area contributed by atoms with E-state index in [1.54, 1.807) is 18.0 Å². The lowest BCUT2D eigenvalue weighted by Gasteiger charge is -2.05. The monoisotopic (exact) mass is 265 g/mol. The maximum atomic E-state index is 6.17. The van der Waals surface area contributed by atoms with Crippen molar-refractivity contribution in [2.24, 2.45) is 5.73 Å². The smallest absolute Gasteiger partial charge is 0.116 e. The highest BCUT2D eigenvalue weighted by Crippen LogP contribution is 2.29. The summed E-state index contributed by atoms with van der Waals surface area (Å²) in [5.74, 6) is 0. The number of rotatable bonds is 4. The normalized spacial score (nSPS) is 10.5. The van der Waals surface area contributed by atoms with Crippen molar-refractivity contribution in [2.75, 3.05) is 6.54 Å². The standard InChI is InChI=1S/C12H12ClN3S/c13-11-7-10(2-1-9(11)3-5-14)17-12-4-6-15-8-16-12/h1-2,4,6-8H,3,5,14H2. The maximum Gasteiger partial charge on any atom is 0.116 e. The van der Waals surface area contributed by atoms with Crippen molar-refractivity contribution in [3.8, 4) is 0 Å². The highest BCUT2D eigenvalue weighted by Gasteiger charge is 2.03. The summed E-state index contributed by atoms with van der Waals surface area (Å²) in [6, 6.07) is 7.86. The maximum absolute atomic E-state index is 6.17. The third-order valence-corrected chi connectivity index (χ3v) is 3.51. The molecule has 0 atom stereocenters. The number of hydrogen-bond acceptors (Lipinski definition) is 4. The Hall–Kier alpha value is -1.10. The summed E-state index contributed by atoms with van der Waals surface area (Å²) in [5, 5.41) is 1.66. The van der Waals surface area contributed by atoms with Gasteiger partial charge in [-0.1, -0.05) is 29.4 Å². The molecule has 0 saturated carbocycles. The Morgan fingerprint density at radius 3 is 2.82 bits per heavy atom. The van der Waals surface area contributed by atoms with E-state index in [-0.39, 0.29) is 0 Å². The second kappa shape index (κ2) is 6.00. The minimum atomic E-state index is 0.609. The van der Waals surface area contributed by atoms with Crippen molar-refractivity contribution in [1.82, 2.24) is 9.97 Å². The van der Waals surface area contributed by atoms with Crippen molar-refractivity contribution in [3.05, 3.63) is 47.4 Å². The Labute approximate surface area is 109 Å². The van der Waals surface area contributed by atoms with E-state index in [1.165, 1.54) is 6.33 Å². The number of benzene rings is 1. The van der Waals surface area contributed by atoms with Crippen LogP contribution < -0.4 is 5.73 Å². The molecule has 1 aromatic heterocycles. The van der Waals surface area contributed by atoms with Crippen LogP contribution in [0, 0.1) is 0 Å². The highest BCUT2D eigenvalue weighted by molar-refractivity contribution is 7.99. The molecule has 0 amide bonds. The minimum Gasteiger partial charge on any atom is -0.330 e. The van der Waals surface area contributed by atoms with E-state index in [0.717, 1.165) is 26.9 Å². The molecule has 88 valence electrons. The summed E-state index contributed by atoms with van der Waals surface area (Å²) in [4.78, 5) is 9.09. The molecule has 1 heterocycles. The van der Waals surface area contributed by atoms with Crippen LogP contribution in [0.15, 0.2) is 46.7 Å². The van der Waals surface area contributed by atoms with Gasteiger partial charge in [0.1, 0.15) is 11.4 Å². The van der Waals surface area contributed by atoms with Gasteiger partial charge >= 0.3 is 0 Å². The van der Waals surface area contributed by atoms with Gasteiger partial charge in [-0.3, -0.25) is 0 Å². The van der Waals surface area contributed by atoms with Crippen molar-refractivity contribution in [2.45, 2.75) is 16.3 Å². The predicted molar refractivity (Wildman–Crippen MR) is 70.4 cm³/mol. The Balaban J connectivity index is 2.15. The second-order valence-electron chi connectivity index (χ2n) is 3.44. The van der Waals surface area contributed by atoms with Crippen LogP contribution in [0.25, 0.3) is 0 Å². The zero-order valence-corrected chi connectivity index (χ0v) is 10.7. The number of hydrogen-bond donors (Lipinski definition) is 1. The number of nitrogens with two attached hydrogens (primary N) is 1. The van der Waals surface area contributed by atoms with Gasteiger partial charge in [0.2, 0.25) is 0 Å². The molecular weight excluding hydrogens is 254 g/mol. The van der Waals surface area contributed by atoms with Crippen LogP contribution in [0.1, 0.15) is 5.56 Å². The third kappa shape index (κ3) is 3.43. The van der Waals surface area contributed by atoms with Crippen LogP contribution in [0.3, 0.4) is 0 Å². The van der Waals surface area contributed by atoms with Gasteiger partial charge in [0, 0.05) is 16.1 Å². The van der Waals surface area contributed by atoms with Gasteiger partial charge in [0.05, 0.1) is 0 Å². The van der Waals surface area contributed by atoms with Gasteiger partial charge in [-0.25, -0.2) is 9.97 Å². The molecule has 17 heavy (non-hydrogen) atoms. The molecule has 1 aromatic carbocycles. The number of aromatic nitrogens is 2. The molecule has 0 saturated heterocycles. The van der Waals surface area contributed by atoms with Crippen molar-refractivity contribution in [1.29, 1.82) is 0 Å². The number of halogens is 1. The molecule has 0 aliphatic carbocycles. The summed E-state index contributed by atoms with van der Waals surface area (Å²) in [5.41, 5.74) is 6.59. The quantitative estimate of drug-likeness (QED) is 0.864. The van der Waals surface area contributed by atoms with Gasteiger partial charge in [-0.15, -0.1) is 0 Å². The molecule has 0 aliphatic rings. The third-order valence-electron chi connectivity index (χ3n) is 2.22. The molecule has 0 unspecified atom stereocenters. The number of nitrogens with zero attached hydrogens (tertiary/aromatic N) is 2. The zero-order chi connectivity index (χ0) is 12.1. The molecule has 2 rings (SSSR count). The summed E-state index contributed by atoms with van der Waals surface area (Å²) in [6.45, 7) is 0.609. The van der Waals surface area contributed by atoms with Crippen LogP contribution >= 0.6 is 23.4 Å². The summed E-state index contributed by atoms with van der Waals surface area (Å²) >= 11 is 7.73. The average Bonchev–Trinajstić information content (AvgIpc) is 2.34. The Morgan fingerprint density at radius 2 is 2.18 bits per heavy atom. The van der Waals surface area contributed by atoms with Crippen molar-refractivity contribution >= 4 is 23.4 Å². The fraction of sp³-hybridized carbons (Fsp3) is 0.167. The first-order chi connectivity index (χ1) is 8.29. The molecule has 2 N–H and O–H groups in total. The van der Waals surface area contributed by atoms with Gasteiger partial charge in [0.15, 0.2) is 0 Å². The minimum absolute atomic E-state index is 0.609. The molecule has 5 heteroatoms. The van der Waals surface area contributed by atoms with Crippen molar-refractivity contribution < 1.29 is 0 Å². The summed E-state index contributed by atoms with van der Waals surface area (Å²) in [6.07, 6.45) is 4.06. The van der Waals surface area contributed by atoms with E-state index >= 15 is 0 Å². The SMILES string of the molecule is NCCc1ccc(Sc2ccncn2)cc1Cl. The lowest BCUT2D eigenvalue weighted by molar-refractivity contribution is 0.966. The lowest BCUT2D eigenvalue weighted by Crippen LogP contribution is -2.02. The fourth-order valence-corrected chi connectivity index (χ4v) is 2.53. The lowest BCUT2D eigenvalue weighted by atomic mass is 10.1. The molecular formula is C12H12ClN3S. The van der Waals surface area contributed by atoms with E-state index in [2.05, 4.69) is 9.97 Å². The topological polar surface area (TPSA) is 51.8 Å². The van der Waals surface area contributed by atoms with Gasteiger partial charge in [-0.2, -0.15) is 0 Å². The van der Waals surface area contributed by atoms with Crippen LogP contribution in [0.2, 0.25) is 5.02 Å². The molecule has 2 aromatic rings. The summed E-state index contributed by atoms with van der Waals surface area (Å²) in [7, 11) is 0. The highest BCUT2D eigenvalue weighted by atomic mass is 35.5. The molecule has 0 spiro atoms. The summed E-state index contributed by atoms with van der Waals surface area (Å²) < 4.78 is 0. The first-order valence-electron chi connectivity index (χ1n) is 5.22.